The summed E-state index contributed by atoms with van der Waals surface area (Å²) in [7, 11) is 0. The SMILES string of the molecule is CCC(CC1CCOC1)OON. The fourth-order valence-corrected chi connectivity index (χ4v) is 1.49. The van der Waals surface area contributed by atoms with Crippen LogP contribution in [0.2, 0.25) is 0 Å². The minimum Gasteiger partial charge on any atom is -0.381 e. The molecule has 0 aromatic rings. The third-order valence-corrected chi connectivity index (χ3v) is 2.27. The van der Waals surface area contributed by atoms with Gasteiger partial charge in [0.05, 0.1) is 6.10 Å². The Morgan fingerprint density at radius 1 is 1.67 bits per heavy atom. The first-order valence-corrected chi connectivity index (χ1v) is 4.46. The minimum absolute atomic E-state index is 0.113. The maximum absolute atomic E-state index is 5.25. The van der Waals surface area contributed by atoms with Gasteiger partial charge in [-0.1, -0.05) is 6.92 Å². The van der Waals surface area contributed by atoms with Crippen LogP contribution < -0.4 is 5.90 Å². The van der Waals surface area contributed by atoms with Crippen LogP contribution in [-0.2, 0) is 14.6 Å². The summed E-state index contributed by atoms with van der Waals surface area (Å²) in [6, 6.07) is 0. The van der Waals surface area contributed by atoms with E-state index in [2.05, 4.69) is 11.9 Å². The molecule has 0 saturated carbocycles. The van der Waals surface area contributed by atoms with E-state index in [1.165, 1.54) is 0 Å². The fraction of sp³-hybridized carbons (Fsp3) is 1.00. The smallest absolute Gasteiger partial charge is 0.0950 e. The van der Waals surface area contributed by atoms with Crippen molar-refractivity contribution in [2.24, 2.45) is 11.8 Å². The van der Waals surface area contributed by atoms with Gasteiger partial charge in [-0.2, -0.15) is 5.90 Å². The van der Waals surface area contributed by atoms with Crippen molar-refractivity contribution in [3.63, 3.8) is 0 Å². The number of rotatable bonds is 5. The molecule has 1 aliphatic heterocycles. The molecule has 72 valence electrons. The van der Waals surface area contributed by atoms with Crippen molar-refractivity contribution in [3.05, 3.63) is 0 Å². The van der Waals surface area contributed by atoms with E-state index >= 15 is 0 Å². The highest BCUT2D eigenvalue weighted by Crippen LogP contribution is 2.20. The average molecular weight is 175 g/mol. The van der Waals surface area contributed by atoms with E-state index in [4.69, 9.17) is 15.5 Å². The second kappa shape index (κ2) is 5.48. The molecule has 0 bridgehead atoms. The molecule has 1 aliphatic rings. The Kier molecular flexibility index (Phi) is 4.53. The molecular weight excluding hydrogens is 158 g/mol. The number of nitrogens with two attached hydrogens (primary N) is 1. The molecule has 1 saturated heterocycles. The maximum Gasteiger partial charge on any atom is 0.0950 e. The van der Waals surface area contributed by atoms with E-state index in [0.29, 0.717) is 5.92 Å². The lowest BCUT2D eigenvalue weighted by molar-refractivity contribution is -0.332. The van der Waals surface area contributed by atoms with Gasteiger partial charge in [-0.15, -0.1) is 4.99 Å². The van der Waals surface area contributed by atoms with Gasteiger partial charge in [0, 0.05) is 13.2 Å². The molecule has 2 atom stereocenters. The summed E-state index contributed by atoms with van der Waals surface area (Å²) < 4.78 is 5.25. The second-order valence-electron chi connectivity index (χ2n) is 3.19. The zero-order chi connectivity index (χ0) is 8.81. The number of hydrogen-bond donors (Lipinski definition) is 1. The normalized spacial score (nSPS) is 26.0. The molecule has 4 heteroatoms. The zero-order valence-electron chi connectivity index (χ0n) is 7.49. The minimum atomic E-state index is 0.113. The van der Waals surface area contributed by atoms with Crippen LogP contribution in [0.25, 0.3) is 0 Å². The van der Waals surface area contributed by atoms with Crippen molar-refractivity contribution >= 4 is 0 Å². The van der Waals surface area contributed by atoms with Gasteiger partial charge in [0.2, 0.25) is 0 Å². The van der Waals surface area contributed by atoms with Crippen LogP contribution in [0.5, 0.6) is 0 Å². The Labute approximate surface area is 72.9 Å². The first kappa shape index (κ1) is 9.92. The van der Waals surface area contributed by atoms with Gasteiger partial charge >= 0.3 is 0 Å². The average Bonchev–Trinajstić information content (AvgIpc) is 2.56. The first-order chi connectivity index (χ1) is 5.86. The standard InChI is InChI=1S/C8H17NO3/c1-2-8(11-12-9)5-7-3-4-10-6-7/h7-8H,2-6,9H2,1H3. The predicted molar refractivity (Wildman–Crippen MR) is 44.0 cm³/mol. The highest BCUT2D eigenvalue weighted by atomic mass is 17.3. The van der Waals surface area contributed by atoms with Gasteiger partial charge in [-0.05, 0) is 25.2 Å². The molecule has 2 unspecified atom stereocenters. The molecule has 0 aliphatic carbocycles. The lowest BCUT2D eigenvalue weighted by Crippen LogP contribution is -2.19. The van der Waals surface area contributed by atoms with Crippen molar-refractivity contribution < 1.29 is 14.6 Å². The first-order valence-electron chi connectivity index (χ1n) is 4.46. The fourth-order valence-electron chi connectivity index (χ4n) is 1.49. The van der Waals surface area contributed by atoms with Gasteiger partial charge in [-0.25, -0.2) is 4.89 Å². The summed E-state index contributed by atoms with van der Waals surface area (Å²) in [6.07, 6.45) is 3.15. The zero-order valence-corrected chi connectivity index (χ0v) is 7.49. The van der Waals surface area contributed by atoms with Crippen molar-refractivity contribution in [2.75, 3.05) is 13.2 Å². The Morgan fingerprint density at radius 3 is 3.00 bits per heavy atom. The second-order valence-corrected chi connectivity index (χ2v) is 3.19. The molecule has 2 N–H and O–H groups in total. The van der Waals surface area contributed by atoms with Gasteiger partial charge in [0.15, 0.2) is 0 Å². The summed E-state index contributed by atoms with van der Waals surface area (Å²) in [5.74, 6) is 5.44. The molecule has 0 aromatic heterocycles. The molecular formula is C8H17NO3. The Hall–Kier alpha value is -0.160. The number of hydrogen-bond acceptors (Lipinski definition) is 4. The summed E-state index contributed by atoms with van der Waals surface area (Å²) in [5.41, 5.74) is 0. The van der Waals surface area contributed by atoms with E-state index in [1.807, 2.05) is 0 Å². The van der Waals surface area contributed by atoms with Crippen LogP contribution in [-0.4, -0.2) is 19.3 Å². The predicted octanol–water partition coefficient (Wildman–Crippen LogP) is 1.01. The number of ether oxygens (including phenoxy) is 1. The third kappa shape index (κ3) is 3.06. The Bertz CT molecular complexity index is 115. The van der Waals surface area contributed by atoms with E-state index < -0.39 is 0 Å². The van der Waals surface area contributed by atoms with Crippen molar-refractivity contribution in [1.82, 2.24) is 0 Å². The van der Waals surface area contributed by atoms with Crippen LogP contribution in [0, 0.1) is 5.92 Å². The summed E-state index contributed by atoms with van der Waals surface area (Å²) >= 11 is 0. The molecule has 12 heavy (non-hydrogen) atoms. The van der Waals surface area contributed by atoms with Gasteiger partial charge in [0.25, 0.3) is 0 Å². The van der Waals surface area contributed by atoms with Crippen LogP contribution in [0.4, 0.5) is 0 Å². The van der Waals surface area contributed by atoms with Crippen molar-refractivity contribution in [2.45, 2.75) is 32.3 Å². The van der Waals surface area contributed by atoms with E-state index in [9.17, 15) is 0 Å². The quantitative estimate of drug-likeness (QED) is 0.500. The van der Waals surface area contributed by atoms with E-state index in [-0.39, 0.29) is 6.10 Å². The highest BCUT2D eigenvalue weighted by Gasteiger charge is 2.20. The maximum atomic E-state index is 5.25. The molecule has 0 amide bonds. The summed E-state index contributed by atoms with van der Waals surface area (Å²) in [5, 5.41) is 0. The van der Waals surface area contributed by atoms with Gasteiger partial charge in [-0.3, -0.25) is 0 Å². The van der Waals surface area contributed by atoms with Crippen LogP contribution in [0.3, 0.4) is 0 Å². The van der Waals surface area contributed by atoms with Gasteiger partial charge in [0.1, 0.15) is 0 Å². The molecule has 0 aromatic carbocycles. The van der Waals surface area contributed by atoms with E-state index in [0.717, 1.165) is 32.5 Å². The lowest BCUT2D eigenvalue weighted by atomic mass is 10.00. The van der Waals surface area contributed by atoms with Crippen molar-refractivity contribution in [1.29, 1.82) is 0 Å². The molecule has 0 radical (unpaired) electrons. The summed E-state index contributed by atoms with van der Waals surface area (Å²) in [4.78, 5) is 9.04. The van der Waals surface area contributed by atoms with Crippen molar-refractivity contribution in [3.8, 4) is 0 Å². The molecule has 4 nitrogen and oxygen atoms in total. The van der Waals surface area contributed by atoms with Crippen LogP contribution in [0.15, 0.2) is 0 Å². The highest BCUT2D eigenvalue weighted by molar-refractivity contribution is 4.68. The largest absolute Gasteiger partial charge is 0.381 e. The Balaban J connectivity index is 2.16. The lowest BCUT2D eigenvalue weighted by Gasteiger charge is -2.15. The Morgan fingerprint density at radius 2 is 2.50 bits per heavy atom. The molecule has 1 heterocycles. The molecule has 1 fully saturated rings. The third-order valence-electron chi connectivity index (χ3n) is 2.27. The molecule has 1 rings (SSSR count). The topological polar surface area (TPSA) is 53.7 Å². The van der Waals surface area contributed by atoms with E-state index in [1.54, 1.807) is 0 Å². The summed E-state index contributed by atoms with van der Waals surface area (Å²) in [6.45, 7) is 3.79. The van der Waals surface area contributed by atoms with Gasteiger partial charge < -0.3 is 4.74 Å². The monoisotopic (exact) mass is 175 g/mol. The molecule has 0 spiro atoms. The van der Waals surface area contributed by atoms with Crippen LogP contribution in [0.1, 0.15) is 26.2 Å². The van der Waals surface area contributed by atoms with Crippen LogP contribution >= 0.6 is 0 Å².